The third-order valence-electron chi connectivity index (χ3n) is 3.63. The maximum Gasteiger partial charge on any atom is 0.262 e. The quantitative estimate of drug-likeness (QED) is 0.782. The first-order valence-corrected chi connectivity index (χ1v) is 7.69. The predicted molar refractivity (Wildman–Crippen MR) is 95.0 cm³/mol. The lowest BCUT2D eigenvalue weighted by Crippen LogP contribution is -2.20. The second kappa shape index (κ2) is 8.19. The van der Waals surface area contributed by atoms with E-state index in [1.54, 1.807) is 37.4 Å². The zero-order valence-corrected chi connectivity index (χ0v) is 14.7. The summed E-state index contributed by atoms with van der Waals surface area (Å²) in [5, 5.41) is 2.74. The van der Waals surface area contributed by atoms with Crippen LogP contribution >= 0.6 is 0 Å². The van der Waals surface area contributed by atoms with Crippen LogP contribution < -0.4 is 19.5 Å². The van der Waals surface area contributed by atoms with E-state index in [2.05, 4.69) is 5.32 Å². The van der Waals surface area contributed by atoms with Gasteiger partial charge in [-0.05, 0) is 49.2 Å². The van der Waals surface area contributed by atoms with Gasteiger partial charge in [-0.15, -0.1) is 0 Å². The summed E-state index contributed by atoms with van der Waals surface area (Å²) in [6.07, 6.45) is 0.785. The SMILES string of the molecule is COc1ccc(NC(=O)COc2c(C)cc(C=O)cc2C)cc1OC. The molecule has 0 unspecified atom stereocenters. The summed E-state index contributed by atoms with van der Waals surface area (Å²) in [5.74, 6) is 1.41. The molecule has 2 aromatic carbocycles. The molecule has 25 heavy (non-hydrogen) atoms. The van der Waals surface area contributed by atoms with Crippen molar-refractivity contribution >= 4 is 17.9 Å². The van der Waals surface area contributed by atoms with Crippen LogP contribution in [0.15, 0.2) is 30.3 Å². The van der Waals surface area contributed by atoms with Crippen LogP contribution in [0.25, 0.3) is 0 Å². The van der Waals surface area contributed by atoms with Gasteiger partial charge >= 0.3 is 0 Å². The van der Waals surface area contributed by atoms with E-state index in [1.165, 1.54) is 7.11 Å². The number of ether oxygens (including phenoxy) is 3. The first-order valence-electron chi connectivity index (χ1n) is 7.69. The zero-order chi connectivity index (χ0) is 18.4. The number of rotatable bonds is 7. The minimum Gasteiger partial charge on any atom is -0.493 e. The number of carbonyl (C=O) groups excluding carboxylic acids is 2. The Balaban J connectivity index is 2.03. The molecular weight excluding hydrogens is 322 g/mol. The maximum absolute atomic E-state index is 12.1. The number of amides is 1. The second-order valence-electron chi connectivity index (χ2n) is 5.51. The van der Waals surface area contributed by atoms with E-state index in [4.69, 9.17) is 14.2 Å². The molecule has 0 fully saturated rings. The highest BCUT2D eigenvalue weighted by Crippen LogP contribution is 2.29. The molecule has 0 bridgehead atoms. The van der Waals surface area contributed by atoms with Gasteiger partial charge in [0.2, 0.25) is 0 Å². The molecule has 0 aliphatic rings. The first kappa shape index (κ1) is 18.3. The zero-order valence-electron chi connectivity index (χ0n) is 14.7. The molecule has 0 saturated carbocycles. The van der Waals surface area contributed by atoms with Crippen molar-refractivity contribution in [3.05, 3.63) is 47.0 Å². The van der Waals surface area contributed by atoms with Gasteiger partial charge in [0, 0.05) is 17.3 Å². The summed E-state index contributed by atoms with van der Waals surface area (Å²) in [4.78, 5) is 23.0. The van der Waals surface area contributed by atoms with Crippen LogP contribution in [0.4, 0.5) is 5.69 Å². The predicted octanol–water partition coefficient (Wildman–Crippen LogP) is 3.15. The highest BCUT2D eigenvalue weighted by molar-refractivity contribution is 5.92. The van der Waals surface area contributed by atoms with Gasteiger partial charge in [0.15, 0.2) is 18.1 Å². The fourth-order valence-corrected chi connectivity index (χ4v) is 2.53. The van der Waals surface area contributed by atoms with Gasteiger partial charge < -0.3 is 19.5 Å². The van der Waals surface area contributed by atoms with Crippen molar-refractivity contribution in [1.29, 1.82) is 0 Å². The van der Waals surface area contributed by atoms with E-state index in [0.29, 0.717) is 28.5 Å². The van der Waals surface area contributed by atoms with Crippen molar-refractivity contribution in [3.8, 4) is 17.2 Å². The molecule has 0 radical (unpaired) electrons. The van der Waals surface area contributed by atoms with Crippen LogP contribution in [0, 0.1) is 13.8 Å². The Hall–Kier alpha value is -3.02. The fourth-order valence-electron chi connectivity index (χ4n) is 2.53. The molecule has 0 spiro atoms. The number of aldehydes is 1. The Kier molecular flexibility index (Phi) is 6.00. The van der Waals surface area contributed by atoms with Gasteiger partial charge in [-0.1, -0.05) is 0 Å². The standard InChI is InChI=1S/C19H21NO5/c1-12-7-14(10-21)8-13(2)19(12)25-11-18(22)20-15-5-6-16(23-3)17(9-15)24-4/h5-10H,11H2,1-4H3,(H,20,22). The molecule has 0 aromatic heterocycles. The van der Waals surface area contributed by atoms with Crippen molar-refractivity contribution in [2.75, 3.05) is 26.1 Å². The molecule has 2 rings (SSSR count). The summed E-state index contributed by atoms with van der Waals surface area (Å²) in [6, 6.07) is 8.55. The number of aryl methyl sites for hydroxylation is 2. The van der Waals surface area contributed by atoms with Crippen LogP contribution in [0.3, 0.4) is 0 Å². The molecule has 132 valence electrons. The van der Waals surface area contributed by atoms with Crippen LogP contribution in [-0.4, -0.2) is 33.0 Å². The summed E-state index contributed by atoms with van der Waals surface area (Å²) in [7, 11) is 3.08. The highest BCUT2D eigenvalue weighted by Gasteiger charge is 2.11. The van der Waals surface area contributed by atoms with Crippen LogP contribution in [0.2, 0.25) is 0 Å². The number of methoxy groups -OCH3 is 2. The number of benzene rings is 2. The summed E-state index contributed by atoms with van der Waals surface area (Å²) >= 11 is 0. The van der Waals surface area contributed by atoms with Crippen molar-refractivity contribution < 1.29 is 23.8 Å². The number of hydrogen-bond acceptors (Lipinski definition) is 5. The number of carbonyl (C=O) groups is 2. The van der Waals surface area contributed by atoms with Gasteiger partial charge in [-0.2, -0.15) is 0 Å². The molecular formula is C19H21NO5. The lowest BCUT2D eigenvalue weighted by Gasteiger charge is -2.13. The molecule has 2 aromatic rings. The lowest BCUT2D eigenvalue weighted by atomic mass is 10.1. The van der Waals surface area contributed by atoms with Crippen LogP contribution in [0.1, 0.15) is 21.5 Å². The third kappa shape index (κ3) is 4.50. The topological polar surface area (TPSA) is 73.9 Å². The minimum atomic E-state index is -0.300. The van der Waals surface area contributed by atoms with Gasteiger partial charge in [0.05, 0.1) is 14.2 Å². The monoisotopic (exact) mass is 343 g/mol. The van der Waals surface area contributed by atoms with Gasteiger partial charge in [-0.25, -0.2) is 0 Å². The molecule has 0 aliphatic carbocycles. The maximum atomic E-state index is 12.1. The van der Waals surface area contributed by atoms with Crippen molar-refractivity contribution in [2.24, 2.45) is 0 Å². The minimum absolute atomic E-state index is 0.142. The molecule has 6 heteroatoms. The molecule has 0 aliphatic heterocycles. The second-order valence-corrected chi connectivity index (χ2v) is 5.51. The Labute approximate surface area is 146 Å². The van der Waals surface area contributed by atoms with E-state index >= 15 is 0 Å². The van der Waals surface area contributed by atoms with E-state index in [9.17, 15) is 9.59 Å². The first-order chi connectivity index (χ1) is 12.0. The Morgan fingerprint density at radius 3 is 2.24 bits per heavy atom. The van der Waals surface area contributed by atoms with Crippen molar-refractivity contribution in [3.63, 3.8) is 0 Å². The largest absolute Gasteiger partial charge is 0.493 e. The summed E-state index contributed by atoms with van der Waals surface area (Å²) in [5.41, 5.74) is 2.77. The van der Waals surface area contributed by atoms with Crippen molar-refractivity contribution in [1.82, 2.24) is 0 Å². The Bertz CT molecular complexity index is 762. The van der Waals surface area contributed by atoms with Crippen molar-refractivity contribution in [2.45, 2.75) is 13.8 Å². The number of nitrogens with one attached hydrogen (secondary N) is 1. The average molecular weight is 343 g/mol. The normalized spacial score (nSPS) is 10.1. The van der Waals surface area contributed by atoms with Crippen LogP contribution in [0.5, 0.6) is 17.2 Å². The van der Waals surface area contributed by atoms with E-state index in [0.717, 1.165) is 17.4 Å². The fraction of sp³-hybridized carbons (Fsp3) is 0.263. The molecule has 1 amide bonds. The summed E-state index contributed by atoms with van der Waals surface area (Å²) in [6.45, 7) is 3.53. The molecule has 0 saturated heterocycles. The van der Waals surface area contributed by atoms with E-state index < -0.39 is 0 Å². The molecule has 6 nitrogen and oxygen atoms in total. The Morgan fingerprint density at radius 1 is 1.04 bits per heavy atom. The lowest BCUT2D eigenvalue weighted by molar-refractivity contribution is -0.118. The number of anilines is 1. The van der Waals surface area contributed by atoms with E-state index in [-0.39, 0.29) is 12.5 Å². The van der Waals surface area contributed by atoms with Gasteiger partial charge in [-0.3, -0.25) is 9.59 Å². The third-order valence-corrected chi connectivity index (χ3v) is 3.63. The smallest absolute Gasteiger partial charge is 0.262 e. The van der Waals surface area contributed by atoms with Crippen LogP contribution in [-0.2, 0) is 4.79 Å². The average Bonchev–Trinajstić information content (AvgIpc) is 2.60. The highest BCUT2D eigenvalue weighted by atomic mass is 16.5. The molecule has 0 heterocycles. The summed E-state index contributed by atoms with van der Waals surface area (Å²) < 4.78 is 16.0. The van der Waals surface area contributed by atoms with Gasteiger partial charge in [0.1, 0.15) is 12.0 Å². The molecule has 0 atom stereocenters. The number of hydrogen-bond donors (Lipinski definition) is 1. The van der Waals surface area contributed by atoms with E-state index in [1.807, 2.05) is 13.8 Å². The Morgan fingerprint density at radius 2 is 1.68 bits per heavy atom. The van der Waals surface area contributed by atoms with Gasteiger partial charge in [0.25, 0.3) is 5.91 Å². The molecule has 1 N–H and O–H groups in total.